The van der Waals surface area contributed by atoms with Gasteiger partial charge in [-0.2, -0.15) is 0 Å². The third kappa shape index (κ3) is 51.8. The third-order valence-corrected chi connectivity index (χ3v) is 18.3. The first-order valence-electron chi connectivity index (χ1n) is 40.9. The van der Waals surface area contributed by atoms with Crippen molar-refractivity contribution in [1.29, 1.82) is 0 Å². The topological polar surface area (TPSA) is 374 Å². The summed E-state index contributed by atoms with van der Waals surface area (Å²) < 4.78 is 68.8. The maximum atomic E-state index is 12.1. The number of aromatic hydroxyl groups is 1. The van der Waals surface area contributed by atoms with Gasteiger partial charge in [0, 0.05) is 117 Å². The first kappa shape index (κ1) is 109. The standard InChI is InChI=1S/C25H34N2O5.C18H28N2O5.C16H16O3.C11H13NO3.C8H16N2O2.C7H5ClO2.C4H9NO.CH3.Na.H2O.Pd/c28-22(12-14-26-13-4-7-25(29)27-15-17-30-18-16-27)20-32-24-10-8-23(9-11-24)31-19-21-5-2-1-3-6-21;21-15-3-5-17(6-4-15)25-14-16(22)7-9-19-8-1-2-18(23)20-10-12-24-13-11-20;1-2-4-13(5-3-1)10-17-14-6-8-15(9-7-14)18-11-16-12-19-16;13-11(12-6-8-14-9-7-12)15-10-4-2-1-3-5-10;9-3-1-2-8(11)10-4-6-12-7-5-10;8-7(9)10-6-4-2-1-3-5-6;1-3-6-4-2-5-1;;;;/h1-3,5-6,8-11,22,26,28H,4,7,12-20H2;3-6,16,19,21-22H,1-2,7-14H2;1-9,16H,10-12H2;1-5H,6-9H2;1-7,9H2;1-5H;5H,1-4H2;1H3;;1H2;/q;;;;;;;-1;+1;;/p-1. The van der Waals surface area contributed by atoms with Gasteiger partial charge in [0.05, 0.1) is 84.9 Å². The summed E-state index contributed by atoms with van der Waals surface area (Å²) in [4.78, 5) is 64.4. The SMILES string of the molecule is C1COCCN1.NCCCC(=O)N1CCOCC1.O=C(CCCNCCC(O)COc1ccc(O)cc1)N1CCOCC1.O=C(CCCNCCC(O)COc1ccc(OCc2ccccc2)cc1)N1CCOCC1.O=C(Cl)Oc1ccccc1.O=C(Oc1ccccc1)N1CCOCC1.[CH3-].[Na+].[OH-].[Pd].c1ccc(COc2ccc(OCC3CO3)cc2)cc1. The van der Waals surface area contributed by atoms with Crippen molar-refractivity contribution in [3.8, 4) is 46.0 Å². The Kier molecular flexibility index (Phi) is 61.4. The largest absolute Gasteiger partial charge is 1.00 e. The number of hydrogen-bond acceptors (Lipinski definition) is 26. The van der Waals surface area contributed by atoms with Gasteiger partial charge in [-0.1, -0.05) is 97.1 Å². The molecule has 33 heteroatoms. The Morgan fingerprint density at radius 2 is 0.764 bits per heavy atom. The van der Waals surface area contributed by atoms with Gasteiger partial charge < -0.3 is 131 Å². The summed E-state index contributed by atoms with van der Waals surface area (Å²) in [5.74, 6) is 5.61. The molecule has 6 aliphatic rings. The number of aliphatic hydroxyl groups is 2. The van der Waals surface area contributed by atoms with Gasteiger partial charge >= 0.3 is 41.1 Å². The fraction of sp³-hybridized carbons (Fsp3) is 0.467. The summed E-state index contributed by atoms with van der Waals surface area (Å²) in [5.41, 5.74) is 6.78. The fourth-order valence-electron chi connectivity index (χ4n) is 11.4. The quantitative estimate of drug-likeness (QED) is 0.00714. The summed E-state index contributed by atoms with van der Waals surface area (Å²) in [6.45, 7) is 20.8. The number of phenolic OH excluding ortho intramolecular Hbond substituents is 1. The molecule has 30 nitrogen and oxygen atoms in total. The second kappa shape index (κ2) is 69.2. The summed E-state index contributed by atoms with van der Waals surface area (Å²) in [7, 11) is 0. The van der Waals surface area contributed by atoms with Crippen LogP contribution in [0.5, 0.6) is 46.0 Å². The van der Waals surface area contributed by atoms with Gasteiger partial charge in [-0.05, 0) is 173 Å². The van der Waals surface area contributed by atoms with Gasteiger partial charge in [0.1, 0.15) is 85.1 Å². The molecule has 13 rings (SSSR count). The average molecular weight is 1840 g/mol. The molecule has 676 valence electrons. The van der Waals surface area contributed by atoms with Crippen LogP contribution in [0.1, 0.15) is 62.5 Å². The van der Waals surface area contributed by atoms with Crippen LogP contribution in [0.4, 0.5) is 9.59 Å². The van der Waals surface area contributed by atoms with Gasteiger partial charge in [0.2, 0.25) is 17.7 Å². The van der Waals surface area contributed by atoms with Crippen molar-refractivity contribution in [3.63, 3.8) is 0 Å². The second-order valence-corrected chi connectivity index (χ2v) is 27.9. The molecule has 6 heterocycles. The van der Waals surface area contributed by atoms with Crippen molar-refractivity contribution in [1.82, 2.24) is 35.6 Å². The van der Waals surface area contributed by atoms with Crippen molar-refractivity contribution in [2.75, 3.05) is 191 Å². The van der Waals surface area contributed by atoms with Crippen LogP contribution in [0.3, 0.4) is 0 Å². The number of nitrogens with one attached hydrogen (secondary N) is 3. The number of ether oxygens (including phenoxy) is 13. The number of morpholine rings is 5. The number of rotatable bonds is 34. The van der Waals surface area contributed by atoms with E-state index in [4.69, 9.17) is 74.2 Å². The number of nitrogens with two attached hydrogens (primary N) is 1. The number of carbonyl (C=O) groups excluding carboxylic acids is 5. The van der Waals surface area contributed by atoms with Crippen LogP contribution in [-0.2, 0) is 76.4 Å². The van der Waals surface area contributed by atoms with Gasteiger partial charge in [-0.25, -0.2) is 9.59 Å². The zero-order valence-corrected chi connectivity index (χ0v) is 75.3. The molecule has 6 aliphatic heterocycles. The Labute approximate surface area is 765 Å². The Bertz CT molecular complexity index is 3780. The van der Waals surface area contributed by atoms with Gasteiger partial charge in [-0.15, -0.1) is 0 Å². The normalized spacial score (nSPS) is 15.3. The molecular formula is C90H125ClN8NaO22Pd-. The van der Waals surface area contributed by atoms with E-state index in [0.717, 1.165) is 107 Å². The van der Waals surface area contributed by atoms with E-state index in [0.29, 0.717) is 187 Å². The molecule has 6 saturated heterocycles. The van der Waals surface area contributed by atoms with Crippen molar-refractivity contribution in [2.24, 2.45) is 5.73 Å². The minimum atomic E-state index is -0.814. The molecule has 0 aromatic heterocycles. The van der Waals surface area contributed by atoms with Crippen LogP contribution in [-0.4, -0.2) is 279 Å². The van der Waals surface area contributed by atoms with E-state index in [9.17, 15) is 39.3 Å². The number of halogens is 1. The van der Waals surface area contributed by atoms with Crippen LogP contribution < -0.4 is 84.4 Å². The molecule has 3 unspecified atom stereocenters. The monoisotopic (exact) mass is 1830 g/mol. The summed E-state index contributed by atoms with van der Waals surface area (Å²) in [5, 5.41) is 38.9. The Morgan fingerprint density at radius 1 is 0.439 bits per heavy atom. The van der Waals surface area contributed by atoms with E-state index < -0.39 is 17.6 Å². The van der Waals surface area contributed by atoms with Gasteiger partial charge in [0.25, 0.3) is 0 Å². The molecule has 0 spiro atoms. The van der Waals surface area contributed by atoms with Gasteiger partial charge in [0.15, 0.2) is 0 Å². The van der Waals surface area contributed by atoms with Crippen LogP contribution in [0.15, 0.2) is 194 Å². The number of para-hydroxylation sites is 2. The average Bonchev–Trinajstić information content (AvgIpc) is 1.39. The molecular weight excluding hydrogens is 1710 g/mol. The van der Waals surface area contributed by atoms with Gasteiger partial charge in [-0.3, -0.25) is 14.4 Å². The zero-order valence-electron chi connectivity index (χ0n) is 71.0. The van der Waals surface area contributed by atoms with Crippen LogP contribution in [0.2, 0.25) is 0 Å². The third-order valence-electron chi connectivity index (χ3n) is 18.2. The van der Waals surface area contributed by atoms with E-state index in [1.807, 2.05) is 148 Å². The molecule has 0 aliphatic carbocycles. The summed E-state index contributed by atoms with van der Waals surface area (Å²) in [6.07, 6.45) is 4.08. The minimum absolute atomic E-state index is 0. The van der Waals surface area contributed by atoms with E-state index >= 15 is 0 Å². The predicted molar refractivity (Wildman–Crippen MR) is 460 cm³/mol. The number of nitrogens with zero attached hydrogens (tertiary/aromatic N) is 4. The maximum Gasteiger partial charge on any atom is 1.00 e. The molecule has 9 N–H and O–H groups in total. The molecule has 7 aromatic carbocycles. The molecule has 0 saturated carbocycles. The molecule has 123 heavy (non-hydrogen) atoms. The van der Waals surface area contributed by atoms with Crippen LogP contribution >= 0.6 is 11.6 Å². The number of epoxide rings is 1. The van der Waals surface area contributed by atoms with Crippen LogP contribution in [0, 0.1) is 7.43 Å². The number of aliphatic hydroxyl groups excluding tert-OH is 2. The van der Waals surface area contributed by atoms with Crippen molar-refractivity contribution < 1.29 is 156 Å². The number of benzene rings is 7. The first-order chi connectivity index (χ1) is 58.2. The van der Waals surface area contributed by atoms with Crippen molar-refractivity contribution in [2.45, 2.75) is 82.9 Å². The van der Waals surface area contributed by atoms with Crippen molar-refractivity contribution >= 4 is 40.8 Å². The van der Waals surface area contributed by atoms with Crippen LogP contribution in [0.25, 0.3) is 0 Å². The number of carbonyl (C=O) groups is 5. The smallest absolute Gasteiger partial charge is 0.870 e. The maximum absolute atomic E-state index is 12.1. The van der Waals surface area contributed by atoms with E-state index in [1.54, 1.807) is 65.6 Å². The zero-order chi connectivity index (χ0) is 84.2. The number of amides is 4. The molecule has 6 fully saturated rings. The molecule has 7 aromatic rings. The molecule has 0 radical (unpaired) electrons. The number of phenols is 1. The predicted octanol–water partition coefficient (Wildman–Crippen LogP) is 6.82. The summed E-state index contributed by atoms with van der Waals surface area (Å²) >= 11 is 4.95. The molecule has 0 bridgehead atoms. The Balaban J connectivity index is 0.000000387. The van der Waals surface area contributed by atoms with E-state index in [2.05, 4.69) is 20.7 Å². The van der Waals surface area contributed by atoms with E-state index in [-0.39, 0.29) is 112 Å². The first-order valence-corrected chi connectivity index (χ1v) is 41.3. The van der Waals surface area contributed by atoms with Crippen molar-refractivity contribution in [3.05, 3.63) is 213 Å². The van der Waals surface area contributed by atoms with E-state index in [1.165, 1.54) is 0 Å². The summed E-state index contributed by atoms with van der Waals surface area (Å²) in [6, 6.07) is 59.4. The fourth-order valence-corrected chi connectivity index (χ4v) is 11.5. The Morgan fingerprint density at radius 3 is 1.11 bits per heavy atom. The second-order valence-electron chi connectivity index (χ2n) is 27.6. The molecule has 4 amide bonds. The molecule has 3 atom stereocenters. The minimum Gasteiger partial charge on any atom is -0.870 e. The Hall–Kier alpha value is -8.08. The number of hydrogen-bond donors (Lipinski definition) is 7.